The summed E-state index contributed by atoms with van der Waals surface area (Å²) in [5, 5.41) is 6.38. The second-order valence-electron chi connectivity index (χ2n) is 5.47. The van der Waals surface area contributed by atoms with E-state index >= 15 is 0 Å². The molecule has 25 heavy (non-hydrogen) atoms. The van der Waals surface area contributed by atoms with Gasteiger partial charge < -0.3 is 14.8 Å². The maximum Gasteiger partial charge on any atom is 0.329 e. The number of nitrogens with zero attached hydrogens (tertiary/aromatic N) is 1. The lowest BCUT2D eigenvalue weighted by Gasteiger charge is -2.12. The first-order valence-electron chi connectivity index (χ1n) is 8.55. The molecule has 7 nitrogen and oxygen atoms in total. The van der Waals surface area contributed by atoms with E-state index in [0.29, 0.717) is 24.7 Å². The number of nitrogens with one attached hydrogen (secondary N) is 2. The zero-order valence-electron chi connectivity index (χ0n) is 15.3. The first-order chi connectivity index (χ1) is 12.0. The van der Waals surface area contributed by atoms with Gasteiger partial charge in [0.1, 0.15) is 0 Å². The number of rotatable bonds is 9. The number of carbonyl (C=O) groups excluding carboxylic acids is 2. The molecule has 1 rings (SSSR count). The maximum atomic E-state index is 11.6. The van der Waals surface area contributed by atoms with Crippen LogP contribution in [0.4, 0.5) is 0 Å². The molecule has 0 spiro atoms. The topological polar surface area (TPSA) is 89.0 Å². The molecule has 0 saturated heterocycles. The van der Waals surface area contributed by atoms with Gasteiger partial charge >= 0.3 is 11.8 Å². The van der Waals surface area contributed by atoms with Crippen molar-refractivity contribution in [1.29, 1.82) is 0 Å². The van der Waals surface area contributed by atoms with Crippen LogP contribution in [0.5, 0.6) is 11.5 Å². The molecular formula is C18H27N3O4. The highest BCUT2D eigenvalue weighted by atomic mass is 16.5. The van der Waals surface area contributed by atoms with Crippen LogP contribution in [0.25, 0.3) is 0 Å². The molecule has 0 saturated carbocycles. The molecule has 0 aliphatic rings. The van der Waals surface area contributed by atoms with E-state index in [2.05, 4.69) is 15.8 Å². The third-order valence-corrected chi connectivity index (χ3v) is 3.31. The smallest absolute Gasteiger partial charge is 0.329 e. The fourth-order valence-electron chi connectivity index (χ4n) is 1.81. The maximum absolute atomic E-state index is 11.6. The zero-order chi connectivity index (χ0) is 18.7. The number of hydrogen-bond acceptors (Lipinski definition) is 5. The van der Waals surface area contributed by atoms with Crippen LogP contribution in [0.1, 0.15) is 46.1 Å². The molecule has 0 aliphatic carbocycles. The number of carbonyl (C=O) groups is 2. The molecule has 0 bridgehead atoms. The van der Waals surface area contributed by atoms with Crippen molar-refractivity contribution in [2.24, 2.45) is 5.10 Å². The van der Waals surface area contributed by atoms with Crippen LogP contribution < -0.4 is 20.2 Å². The lowest BCUT2D eigenvalue weighted by molar-refractivity contribution is -0.139. The number of ether oxygens (including phenoxy) is 2. The van der Waals surface area contributed by atoms with Crippen LogP contribution in [0.15, 0.2) is 23.3 Å². The van der Waals surface area contributed by atoms with Crippen molar-refractivity contribution in [3.63, 3.8) is 0 Å². The Bertz CT molecular complexity index is 602. The van der Waals surface area contributed by atoms with Gasteiger partial charge in [-0.15, -0.1) is 0 Å². The average molecular weight is 349 g/mol. The summed E-state index contributed by atoms with van der Waals surface area (Å²) < 4.78 is 11.2. The van der Waals surface area contributed by atoms with Gasteiger partial charge in [0, 0.05) is 6.04 Å². The molecule has 0 aliphatic heterocycles. The SMILES string of the molecule is CCCOc1ccc(/C=N\NC(=O)C(=O)N[C@H](C)CC)cc1OCC. The van der Waals surface area contributed by atoms with E-state index in [1.807, 2.05) is 27.7 Å². The number of hydrazone groups is 1. The van der Waals surface area contributed by atoms with E-state index in [-0.39, 0.29) is 6.04 Å². The Balaban J connectivity index is 2.68. The number of amides is 2. The van der Waals surface area contributed by atoms with Gasteiger partial charge in [-0.25, -0.2) is 5.43 Å². The van der Waals surface area contributed by atoms with Crippen LogP contribution in [0, 0.1) is 0 Å². The summed E-state index contributed by atoms with van der Waals surface area (Å²) in [5.41, 5.74) is 2.92. The molecule has 1 aromatic rings. The van der Waals surface area contributed by atoms with Crippen molar-refractivity contribution < 1.29 is 19.1 Å². The van der Waals surface area contributed by atoms with E-state index in [4.69, 9.17) is 9.47 Å². The molecule has 0 unspecified atom stereocenters. The molecule has 2 N–H and O–H groups in total. The van der Waals surface area contributed by atoms with Gasteiger partial charge in [-0.1, -0.05) is 13.8 Å². The Labute approximate surface area is 148 Å². The first-order valence-corrected chi connectivity index (χ1v) is 8.55. The van der Waals surface area contributed by atoms with Crippen LogP contribution >= 0.6 is 0 Å². The fraction of sp³-hybridized carbons (Fsp3) is 0.500. The van der Waals surface area contributed by atoms with E-state index < -0.39 is 11.8 Å². The summed E-state index contributed by atoms with van der Waals surface area (Å²) in [5.74, 6) is -0.229. The van der Waals surface area contributed by atoms with E-state index in [0.717, 1.165) is 18.4 Å². The van der Waals surface area contributed by atoms with Gasteiger partial charge in [0.25, 0.3) is 0 Å². The molecule has 0 aromatic heterocycles. The van der Waals surface area contributed by atoms with Gasteiger partial charge in [0.15, 0.2) is 11.5 Å². The predicted molar refractivity (Wildman–Crippen MR) is 97.0 cm³/mol. The minimum atomic E-state index is -0.801. The molecule has 0 heterocycles. The third-order valence-electron chi connectivity index (χ3n) is 3.31. The third kappa shape index (κ3) is 7.24. The summed E-state index contributed by atoms with van der Waals surface area (Å²) >= 11 is 0. The summed E-state index contributed by atoms with van der Waals surface area (Å²) in [7, 11) is 0. The van der Waals surface area contributed by atoms with Gasteiger partial charge in [-0.2, -0.15) is 5.10 Å². The highest BCUT2D eigenvalue weighted by Crippen LogP contribution is 2.28. The van der Waals surface area contributed by atoms with Crippen LogP contribution in [-0.2, 0) is 9.59 Å². The highest BCUT2D eigenvalue weighted by Gasteiger charge is 2.14. The Kier molecular flexibility index (Phi) is 9.06. The monoisotopic (exact) mass is 349 g/mol. The van der Waals surface area contributed by atoms with Gasteiger partial charge in [0.05, 0.1) is 19.4 Å². The second-order valence-corrected chi connectivity index (χ2v) is 5.47. The molecule has 0 radical (unpaired) electrons. The first kappa shape index (κ1) is 20.5. The lowest BCUT2D eigenvalue weighted by Crippen LogP contribution is -2.41. The minimum absolute atomic E-state index is 0.0633. The lowest BCUT2D eigenvalue weighted by atomic mass is 10.2. The van der Waals surface area contributed by atoms with Crippen molar-refractivity contribution in [3.05, 3.63) is 23.8 Å². The summed E-state index contributed by atoms with van der Waals surface area (Å²) in [6, 6.07) is 5.29. The molecule has 0 fully saturated rings. The average Bonchev–Trinajstić information content (AvgIpc) is 2.61. The quantitative estimate of drug-likeness (QED) is 0.406. The van der Waals surface area contributed by atoms with E-state index in [1.54, 1.807) is 18.2 Å². The van der Waals surface area contributed by atoms with Gasteiger partial charge in [-0.05, 0) is 50.5 Å². The minimum Gasteiger partial charge on any atom is -0.490 e. The van der Waals surface area contributed by atoms with Crippen molar-refractivity contribution in [2.45, 2.75) is 46.6 Å². The Morgan fingerprint density at radius 2 is 1.92 bits per heavy atom. The van der Waals surface area contributed by atoms with Crippen LogP contribution in [0.3, 0.4) is 0 Å². The number of benzene rings is 1. The Hall–Kier alpha value is -2.57. The molecule has 138 valence electrons. The van der Waals surface area contributed by atoms with Crippen molar-refractivity contribution >= 4 is 18.0 Å². The Morgan fingerprint density at radius 1 is 1.16 bits per heavy atom. The second kappa shape index (κ2) is 11.1. The summed E-state index contributed by atoms with van der Waals surface area (Å²) in [4.78, 5) is 23.3. The van der Waals surface area contributed by atoms with Crippen molar-refractivity contribution in [3.8, 4) is 11.5 Å². The fourth-order valence-corrected chi connectivity index (χ4v) is 1.81. The predicted octanol–water partition coefficient (Wildman–Crippen LogP) is 2.24. The standard InChI is InChI=1S/C18H27N3O4/c1-5-10-25-15-9-8-14(11-16(15)24-7-3)12-19-21-18(23)17(22)20-13(4)6-2/h8-9,11-13H,5-7,10H2,1-4H3,(H,20,22)(H,21,23)/b19-12-/t13-/m1/s1. The van der Waals surface area contributed by atoms with Crippen molar-refractivity contribution in [2.75, 3.05) is 13.2 Å². The molecule has 1 atom stereocenters. The normalized spacial score (nSPS) is 11.8. The zero-order valence-corrected chi connectivity index (χ0v) is 15.3. The van der Waals surface area contributed by atoms with Gasteiger partial charge in [-0.3, -0.25) is 9.59 Å². The highest BCUT2D eigenvalue weighted by molar-refractivity contribution is 6.35. The summed E-state index contributed by atoms with van der Waals surface area (Å²) in [6.45, 7) is 8.78. The van der Waals surface area contributed by atoms with Gasteiger partial charge in [0.2, 0.25) is 0 Å². The Morgan fingerprint density at radius 3 is 2.56 bits per heavy atom. The van der Waals surface area contributed by atoms with E-state index in [9.17, 15) is 9.59 Å². The van der Waals surface area contributed by atoms with Crippen LogP contribution in [-0.4, -0.2) is 37.3 Å². The van der Waals surface area contributed by atoms with E-state index in [1.165, 1.54) is 6.21 Å². The largest absolute Gasteiger partial charge is 0.490 e. The molecule has 1 aromatic carbocycles. The summed E-state index contributed by atoms with van der Waals surface area (Å²) in [6.07, 6.45) is 3.09. The molecule has 2 amide bonds. The van der Waals surface area contributed by atoms with Crippen molar-refractivity contribution in [1.82, 2.24) is 10.7 Å². The number of hydrogen-bond donors (Lipinski definition) is 2. The molecular weight excluding hydrogens is 322 g/mol. The van der Waals surface area contributed by atoms with Crippen LogP contribution in [0.2, 0.25) is 0 Å². The molecule has 7 heteroatoms.